The van der Waals surface area contributed by atoms with Crippen molar-refractivity contribution in [2.24, 2.45) is 35.5 Å². The Bertz CT molecular complexity index is 4120. The molecule has 30 heteroatoms. The fourth-order valence-corrected chi connectivity index (χ4v) is 13.0. The van der Waals surface area contributed by atoms with E-state index in [-0.39, 0.29) is 98.0 Å². The van der Waals surface area contributed by atoms with Crippen molar-refractivity contribution >= 4 is 71.3 Å². The van der Waals surface area contributed by atoms with Gasteiger partial charge in [-0.1, -0.05) is 100 Å². The maximum atomic E-state index is 14.2. The molecule has 2 aliphatic rings. The van der Waals surface area contributed by atoms with Crippen molar-refractivity contribution in [1.29, 1.82) is 0 Å². The monoisotopic (exact) mass is 1530 g/mol. The Hall–Kier alpha value is -11.4. The van der Waals surface area contributed by atoms with Crippen molar-refractivity contribution in [3.8, 4) is 0 Å². The number of carbonyl (C=O) groups excluding carboxylic acids is 10. The molecule has 0 heterocycles. The highest BCUT2D eigenvalue weighted by Crippen LogP contribution is 2.33. The van der Waals surface area contributed by atoms with Crippen LogP contribution in [0.4, 0.5) is 17.6 Å². The molecule has 6 aromatic rings. The summed E-state index contributed by atoms with van der Waals surface area (Å²) in [5.74, 6) is -17.3. The smallest absolute Gasteiger partial charge is 0.337 e. The van der Waals surface area contributed by atoms with E-state index in [0.717, 1.165) is 42.5 Å². The number of hydrogen-bond acceptors (Lipinski definition) is 18. The Morgan fingerprint density at radius 2 is 0.736 bits per heavy atom. The van der Waals surface area contributed by atoms with E-state index < -0.39 is 191 Å². The van der Waals surface area contributed by atoms with Crippen molar-refractivity contribution in [1.82, 2.24) is 31.9 Å². The van der Waals surface area contributed by atoms with E-state index in [0.29, 0.717) is 12.1 Å². The lowest BCUT2D eigenvalue weighted by Crippen LogP contribution is -2.55. The third kappa shape index (κ3) is 26.5. The highest BCUT2D eigenvalue weighted by molar-refractivity contribution is 5.99. The normalized spacial score (nSPS) is 18.3. The van der Waals surface area contributed by atoms with Gasteiger partial charge in [-0.3, -0.25) is 47.9 Å². The first kappa shape index (κ1) is 85.8. The van der Waals surface area contributed by atoms with Gasteiger partial charge in [0.15, 0.2) is 0 Å². The lowest BCUT2D eigenvalue weighted by molar-refractivity contribution is -0.158. The Morgan fingerprint density at radius 3 is 1.06 bits per heavy atom. The highest BCUT2D eigenvalue weighted by atomic mass is 19.1. The zero-order valence-electron chi connectivity index (χ0n) is 61.3. The maximum absolute atomic E-state index is 14.2. The first-order chi connectivity index (χ1) is 52.2. The van der Waals surface area contributed by atoms with E-state index >= 15 is 0 Å². The number of aliphatic carboxylic acids is 2. The number of amides is 6. The van der Waals surface area contributed by atoms with Crippen molar-refractivity contribution < 1.29 is 114 Å². The average Bonchev–Trinajstić information content (AvgIpc) is 0.844. The van der Waals surface area contributed by atoms with Gasteiger partial charge in [0.25, 0.3) is 11.8 Å². The minimum absolute atomic E-state index is 0.000459. The number of methoxy groups -OCH3 is 2. The molecule has 2 saturated carbocycles. The number of nitrogens with one attached hydrogen (secondary N) is 6. The standard InChI is InChI=1S/C47H51F2N3O10.C33H39F2N3O10/c1-28(2)42(52-41(54)25-40(53)39(19-31-17-36(48)24-37(49)18-31)51-43(55)32-15-10-16-33(20-32)45(57)60-3)44(56)50-38-22-34(46(58)61-26-29-11-6-4-7-12-29)21-35(23-38)47(59)62-27-30-13-8-5-9-14-30;1-16(2)28(30(42)36-24-12-20(31(43)44)11-21(13-24)32(45)46)38-27(40)15-26(39)25(9-17-7-22(34)14-23(35)8-17)37-29(41)18-5-4-6-19(10-18)33(47)48-3/h4-18,20,24,28,34-35,38-40,42,53H,19,21-23,25-27H2,1-3H3,(H,50,56)(H,51,55)(H,52,54);4-8,10,14,16,20-21,24-26,28,39H,9,11-13,15H2,1-3H3,(H,36,42)(H,37,41)(H,38,40)(H,43,44)(H,45,46)/t34?,35?,38?,39?,40-,42-;20?,21?,24?,25?,26-,28-/m00/s1. The maximum Gasteiger partial charge on any atom is 0.337 e. The largest absolute Gasteiger partial charge is 0.481 e. The minimum atomic E-state index is -1.63. The molecule has 110 heavy (non-hydrogen) atoms. The second-order valence-electron chi connectivity index (χ2n) is 27.9. The van der Waals surface area contributed by atoms with Gasteiger partial charge in [-0.05, 0) is 146 Å². The SMILES string of the molecule is COC(=O)c1cccc(C(=O)NC(Cc2cc(F)cc(F)c2)[C@@H](O)CC(=O)N[C@H](C(=O)NC2CC(C(=O)O)CC(C(=O)O)C2)C(C)C)c1.COC(=O)c1cccc(C(=O)NC(Cc2cc(F)cc(F)c2)[C@@H](O)CC(=O)N[C@H](C(=O)NC2CC(C(=O)OCc3ccccc3)CC(C(=O)OCc3ccccc3)C2)C(C)C)c1. The summed E-state index contributed by atoms with van der Waals surface area (Å²) < 4.78 is 76.9. The van der Waals surface area contributed by atoms with E-state index in [1.165, 1.54) is 55.6 Å². The second kappa shape index (κ2) is 41.2. The highest BCUT2D eigenvalue weighted by Gasteiger charge is 2.42. The van der Waals surface area contributed by atoms with Crippen molar-refractivity contribution in [3.63, 3.8) is 0 Å². The second-order valence-corrected chi connectivity index (χ2v) is 27.9. The Morgan fingerprint density at radius 1 is 0.409 bits per heavy atom. The van der Waals surface area contributed by atoms with Gasteiger partial charge in [-0.2, -0.15) is 0 Å². The van der Waals surface area contributed by atoms with Crippen LogP contribution in [-0.2, 0) is 83.4 Å². The molecule has 588 valence electrons. The number of carboxylic acids is 2. The van der Waals surface area contributed by atoms with Crippen LogP contribution < -0.4 is 31.9 Å². The van der Waals surface area contributed by atoms with Crippen LogP contribution in [0.2, 0.25) is 0 Å². The summed E-state index contributed by atoms with van der Waals surface area (Å²) in [4.78, 5) is 154. The zero-order chi connectivity index (χ0) is 80.5. The number of ether oxygens (including phenoxy) is 4. The summed E-state index contributed by atoms with van der Waals surface area (Å²) in [6.07, 6.45) is -4.78. The molecule has 0 aliphatic heterocycles. The van der Waals surface area contributed by atoms with Crippen LogP contribution in [0, 0.1) is 58.8 Å². The predicted molar refractivity (Wildman–Crippen MR) is 386 cm³/mol. The molecule has 10 atom stereocenters. The molecule has 0 aromatic heterocycles. The van der Waals surface area contributed by atoms with Gasteiger partial charge in [0, 0.05) is 35.3 Å². The van der Waals surface area contributed by atoms with Crippen molar-refractivity contribution in [2.75, 3.05) is 14.2 Å². The van der Waals surface area contributed by atoms with Crippen LogP contribution in [0.1, 0.15) is 143 Å². The molecule has 2 aliphatic carbocycles. The number of halogens is 4. The molecule has 0 radical (unpaired) electrons. The molecule has 6 unspecified atom stereocenters. The predicted octanol–water partition coefficient (Wildman–Crippen LogP) is 7.43. The van der Waals surface area contributed by atoms with E-state index in [2.05, 4.69) is 36.6 Å². The quantitative estimate of drug-likeness (QED) is 0.0111. The first-order valence-corrected chi connectivity index (χ1v) is 35.6. The van der Waals surface area contributed by atoms with Gasteiger partial charge in [0.2, 0.25) is 23.6 Å². The summed E-state index contributed by atoms with van der Waals surface area (Å²) in [5.41, 5.74) is 1.85. The van der Waals surface area contributed by atoms with Crippen LogP contribution in [0.5, 0.6) is 0 Å². The zero-order valence-corrected chi connectivity index (χ0v) is 61.3. The Balaban J connectivity index is 0.000000316. The van der Waals surface area contributed by atoms with Crippen LogP contribution in [0.3, 0.4) is 0 Å². The lowest BCUT2D eigenvalue weighted by Gasteiger charge is -2.34. The lowest BCUT2D eigenvalue weighted by atomic mass is 9.78. The van der Waals surface area contributed by atoms with Gasteiger partial charge >= 0.3 is 35.8 Å². The number of rotatable bonds is 32. The van der Waals surface area contributed by atoms with Gasteiger partial charge in [-0.25, -0.2) is 27.2 Å². The molecular weight excluding hydrogens is 1440 g/mol. The van der Waals surface area contributed by atoms with Gasteiger partial charge in [0.1, 0.15) is 48.6 Å². The molecule has 0 saturated heterocycles. The number of carbonyl (C=O) groups is 12. The van der Waals surface area contributed by atoms with E-state index in [9.17, 15) is 95.5 Å². The van der Waals surface area contributed by atoms with E-state index in [1.54, 1.807) is 27.7 Å². The summed E-state index contributed by atoms with van der Waals surface area (Å²) in [6.45, 7) is 6.70. The number of aliphatic hydroxyl groups is 2. The fourth-order valence-electron chi connectivity index (χ4n) is 13.0. The summed E-state index contributed by atoms with van der Waals surface area (Å²) in [6, 6.07) is 28.3. The topological polar surface area (TPSA) is 395 Å². The third-order valence-electron chi connectivity index (χ3n) is 18.6. The summed E-state index contributed by atoms with van der Waals surface area (Å²) in [7, 11) is 2.34. The number of benzene rings is 6. The van der Waals surface area contributed by atoms with Gasteiger partial charge in [-0.15, -0.1) is 0 Å². The Kier molecular flexibility index (Phi) is 32.2. The van der Waals surface area contributed by atoms with Crippen molar-refractivity contribution in [2.45, 2.75) is 154 Å². The molecule has 2 fully saturated rings. The van der Waals surface area contributed by atoms with Crippen molar-refractivity contribution in [3.05, 3.63) is 213 Å². The number of hydrogen-bond donors (Lipinski definition) is 10. The summed E-state index contributed by atoms with van der Waals surface area (Å²) >= 11 is 0. The molecule has 6 aromatic carbocycles. The van der Waals surface area contributed by atoms with Crippen LogP contribution in [0.15, 0.2) is 146 Å². The molecule has 0 bridgehead atoms. The fraction of sp³-hybridized carbons (Fsp3) is 0.400. The van der Waals surface area contributed by atoms with E-state index in [1.807, 2.05) is 60.7 Å². The molecule has 26 nitrogen and oxygen atoms in total. The van der Waals surface area contributed by atoms with Crippen LogP contribution in [-0.4, -0.2) is 154 Å². The number of carboxylic acid groups (broad SMARTS) is 2. The number of esters is 4. The van der Waals surface area contributed by atoms with Crippen LogP contribution >= 0.6 is 0 Å². The minimum Gasteiger partial charge on any atom is -0.481 e. The molecule has 6 amide bonds. The molecule has 10 N–H and O–H groups in total. The van der Waals surface area contributed by atoms with Gasteiger partial charge in [0.05, 0.1) is 86.2 Å². The molecule has 0 spiro atoms. The van der Waals surface area contributed by atoms with Gasteiger partial charge < -0.3 is 71.3 Å². The molecular formula is C80H90F4N6O20. The molecule has 8 rings (SSSR count). The first-order valence-electron chi connectivity index (χ1n) is 35.6. The van der Waals surface area contributed by atoms with E-state index in [4.69, 9.17) is 14.2 Å². The number of aliphatic hydroxyl groups excluding tert-OH is 2. The van der Waals surface area contributed by atoms with Crippen LogP contribution in [0.25, 0.3) is 0 Å². The third-order valence-corrected chi connectivity index (χ3v) is 18.6. The average molecular weight is 1530 g/mol. The summed E-state index contributed by atoms with van der Waals surface area (Å²) in [5, 5.41) is 57.3. The Labute approximate surface area is 631 Å².